The van der Waals surface area contributed by atoms with Crippen molar-refractivity contribution in [3.63, 3.8) is 0 Å². The number of amides is 2. The van der Waals surface area contributed by atoms with Gasteiger partial charge in [-0.15, -0.1) is 0 Å². The number of nitriles is 1. The lowest BCUT2D eigenvalue weighted by molar-refractivity contribution is -0.137. The molecule has 5 nitrogen and oxygen atoms in total. The fourth-order valence-corrected chi connectivity index (χ4v) is 2.20. The van der Waals surface area contributed by atoms with E-state index in [1.165, 1.54) is 31.4 Å². The third kappa shape index (κ3) is 4.55. The molecule has 0 fully saturated rings. The SMILES string of the molecule is COc1cc(NC(=O)Nc2ccc(Cl)c(C(F)(F)F)c2)ccc1C#N. The van der Waals surface area contributed by atoms with Crippen LogP contribution < -0.4 is 15.4 Å². The summed E-state index contributed by atoms with van der Waals surface area (Å²) in [6.45, 7) is 0. The van der Waals surface area contributed by atoms with Gasteiger partial charge in [-0.3, -0.25) is 0 Å². The summed E-state index contributed by atoms with van der Waals surface area (Å²) < 4.78 is 43.5. The molecule has 0 spiro atoms. The Morgan fingerprint density at radius 2 is 1.76 bits per heavy atom. The topological polar surface area (TPSA) is 74.2 Å². The fraction of sp³-hybridized carbons (Fsp3) is 0.125. The van der Waals surface area contributed by atoms with Crippen LogP contribution in [-0.4, -0.2) is 13.1 Å². The number of rotatable bonds is 3. The molecular weight excluding hydrogens is 359 g/mol. The summed E-state index contributed by atoms with van der Waals surface area (Å²) in [6.07, 6.45) is -4.63. The first-order valence-corrected chi connectivity index (χ1v) is 7.15. The first kappa shape index (κ1) is 18.4. The molecule has 0 aliphatic heterocycles. The number of methoxy groups -OCH3 is 1. The number of benzene rings is 2. The van der Waals surface area contributed by atoms with Gasteiger partial charge in [-0.25, -0.2) is 4.79 Å². The number of hydrogen-bond acceptors (Lipinski definition) is 3. The number of carbonyl (C=O) groups excluding carboxylic acids is 1. The van der Waals surface area contributed by atoms with Gasteiger partial charge in [-0.2, -0.15) is 18.4 Å². The molecule has 2 aromatic carbocycles. The molecular formula is C16H11ClF3N3O2. The predicted molar refractivity (Wildman–Crippen MR) is 86.8 cm³/mol. The lowest BCUT2D eigenvalue weighted by Crippen LogP contribution is -2.20. The number of hydrogen-bond donors (Lipinski definition) is 2. The highest BCUT2D eigenvalue weighted by Crippen LogP contribution is 2.36. The van der Waals surface area contributed by atoms with Gasteiger partial charge >= 0.3 is 12.2 Å². The van der Waals surface area contributed by atoms with Gasteiger partial charge in [0.05, 0.1) is 23.3 Å². The van der Waals surface area contributed by atoms with E-state index in [0.29, 0.717) is 5.69 Å². The maximum atomic E-state index is 12.8. The van der Waals surface area contributed by atoms with Gasteiger partial charge in [0.15, 0.2) is 0 Å². The highest BCUT2D eigenvalue weighted by atomic mass is 35.5. The van der Waals surface area contributed by atoms with E-state index >= 15 is 0 Å². The summed E-state index contributed by atoms with van der Waals surface area (Å²) >= 11 is 5.52. The maximum absolute atomic E-state index is 12.8. The van der Waals surface area contributed by atoms with Gasteiger partial charge in [0.25, 0.3) is 0 Å². The van der Waals surface area contributed by atoms with Crippen LogP contribution in [0.15, 0.2) is 36.4 Å². The molecule has 0 aliphatic rings. The molecule has 2 amide bonds. The average Bonchev–Trinajstić information content (AvgIpc) is 2.55. The van der Waals surface area contributed by atoms with Crippen LogP contribution in [0.1, 0.15) is 11.1 Å². The zero-order valence-corrected chi connectivity index (χ0v) is 13.5. The molecule has 0 bridgehead atoms. The largest absolute Gasteiger partial charge is 0.495 e. The summed E-state index contributed by atoms with van der Waals surface area (Å²) in [7, 11) is 1.37. The Kier molecular flexibility index (Phi) is 5.39. The highest BCUT2D eigenvalue weighted by Gasteiger charge is 2.33. The van der Waals surface area contributed by atoms with E-state index < -0.39 is 22.8 Å². The lowest BCUT2D eigenvalue weighted by Gasteiger charge is -2.13. The van der Waals surface area contributed by atoms with Crippen molar-refractivity contribution in [3.05, 3.63) is 52.5 Å². The third-order valence-corrected chi connectivity index (χ3v) is 3.44. The molecule has 0 saturated heterocycles. The quantitative estimate of drug-likeness (QED) is 0.809. The number of ether oxygens (including phenoxy) is 1. The predicted octanol–water partition coefficient (Wildman–Crippen LogP) is 4.88. The van der Waals surface area contributed by atoms with E-state index in [1.54, 1.807) is 0 Å². The summed E-state index contributed by atoms with van der Waals surface area (Å²) in [5.74, 6) is 0.256. The van der Waals surface area contributed by atoms with Crippen LogP contribution in [0, 0.1) is 11.3 Å². The van der Waals surface area contributed by atoms with Crippen molar-refractivity contribution in [3.8, 4) is 11.8 Å². The zero-order chi connectivity index (χ0) is 18.6. The molecule has 0 aromatic heterocycles. The second kappa shape index (κ2) is 7.32. The van der Waals surface area contributed by atoms with Crippen molar-refractivity contribution in [2.24, 2.45) is 0 Å². The van der Waals surface area contributed by atoms with Gasteiger partial charge in [-0.1, -0.05) is 11.6 Å². The van der Waals surface area contributed by atoms with Crippen molar-refractivity contribution in [2.45, 2.75) is 6.18 Å². The molecule has 0 heterocycles. The highest BCUT2D eigenvalue weighted by molar-refractivity contribution is 6.31. The molecule has 130 valence electrons. The van der Waals surface area contributed by atoms with Crippen LogP contribution in [0.5, 0.6) is 5.75 Å². The summed E-state index contributed by atoms with van der Waals surface area (Å²) in [6, 6.07) is 8.51. The Morgan fingerprint density at radius 1 is 1.16 bits per heavy atom. The zero-order valence-electron chi connectivity index (χ0n) is 12.7. The van der Waals surface area contributed by atoms with E-state index in [-0.39, 0.29) is 17.0 Å². The van der Waals surface area contributed by atoms with Crippen molar-refractivity contribution >= 4 is 29.0 Å². The molecule has 0 atom stereocenters. The minimum Gasteiger partial charge on any atom is -0.495 e. The van der Waals surface area contributed by atoms with E-state index in [9.17, 15) is 18.0 Å². The van der Waals surface area contributed by atoms with Crippen molar-refractivity contribution in [1.29, 1.82) is 5.26 Å². The number of alkyl halides is 3. The first-order chi connectivity index (χ1) is 11.7. The van der Waals surface area contributed by atoms with Gasteiger partial charge in [0.2, 0.25) is 0 Å². The standard InChI is InChI=1S/C16H11ClF3N3O2/c1-25-14-7-11(3-2-9(14)8-21)23-15(24)22-10-4-5-13(17)12(6-10)16(18,19)20/h2-7H,1H3,(H2,22,23,24). The van der Waals surface area contributed by atoms with Crippen LogP contribution >= 0.6 is 11.6 Å². The van der Waals surface area contributed by atoms with Crippen LogP contribution in [0.3, 0.4) is 0 Å². The van der Waals surface area contributed by atoms with Crippen LogP contribution in [0.25, 0.3) is 0 Å². The van der Waals surface area contributed by atoms with Crippen molar-refractivity contribution in [1.82, 2.24) is 0 Å². The number of nitrogens with one attached hydrogen (secondary N) is 2. The molecule has 2 rings (SSSR count). The molecule has 2 aromatic rings. The molecule has 2 N–H and O–H groups in total. The minimum absolute atomic E-state index is 0.0742. The number of carbonyl (C=O) groups is 1. The van der Waals surface area contributed by atoms with Crippen LogP contribution in [-0.2, 0) is 6.18 Å². The minimum atomic E-state index is -4.63. The van der Waals surface area contributed by atoms with Gasteiger partial charge < -0.3 is 15.4 Å². The van der Waals surface area contributed by atoms with Crippen LogP contribution in [0.4, 0.5) is 29.3 Å². The van der Waals surface area contributed by atoms with Gasteiger partial charge in [0.1, 0.15) is 11.8 Å². The van der Waals surface area contributed by atoms with Gasteiger partial charge in [0, 0.05) is 17.4 Å². The molecule has 0 saturated carbocycles. The van der Waals surface area contributed by atoms with Crippen molar-refractivity contribution in [2.75, 3.05) is 17.7 Å². The summed E-state index contributed by atoms with van der Waals surface area (Å²) in [5, 5.41) is 13.2. The van der Waals surface area contributed by atoms with Crippen molar-refractivity contribution < 1.29 is 22.7 Å². The Balaban J connectivity index is 2.15. The summed E-state index contributed by atoms with van der Waals surface area (Å²) in [4.78, 5) is 11.9. The first-order valence-electron chi connectivity index (χ1n) is 6.77. The van der Waals surface area contributed by atoms with Gasteiger partial charge in [-0.05, 0) is 30.3 Å². The second-order valence-corrected chi connectivity index (χ2v) is 5.21. The number of nitrogens with zero attached hydrogens (tertiary/aromatic N) is 1. The number of urea groups is 1. The molecule has 0 aliphatic carbocycles. The smallest absolute Gasteiger partial charge is 0.417 e. The summed E-state index contributed by atoms with van der Waals surface area (Å²) in [5.41, 5.74) is -0.541. The van der Waals surface area contributed by atoms with E-state index in [2.05, 4.69) is 10.6 Å². The third-order valence-electron chi connectivity index (χ3n) is 3.11. The normalized spacial score (nSPS) is 10.7. The second-order valence-electron chi connectivity index (χ2n) is 4.80. The molecule has 9 heteroatoms. The van der Waals surface area contributed by atoms with E-state index in [0.717, 1.165) is 12.1 Å². The number of halogens is 4. The van der Waals surface area contributed by atoms with Crippen LogP contribution in [0.2, 0.25) is 5.02 Å². The van der Waals surface area contributed by atoms with E-state index in [4.69, 9.17) is 21.6 Å². The number of anilines is 2. The van der Waals surface area contributed by atoms with E-state index in [1.807, 2.05) is 6.07 Å². The lowest BCUT2D eigenvalue weighted by atomic mass is 10.2. The Morgan fingerprint density at radius 3 is 2.32 bits per heavy atom. The molecule has 25 heavy (non-hydrogen) atoms. The molecule has 0 radical (unpaired) electrons. The monoisotopic (exact) mass is 369 g/mol. The Bertz CT molecular complexity index is 847. The Labute approximate surface area is 146 Å². The molecule has 0 unspecified atom stereocenters. The average molecular weight is 370 g/mol. The maximum Gasteiger partial charge on any atom is 0.417 e. The Hall–Kier alpha value is -2.92. The fourth-order valence-electron chi connectivity index (χ4n) is 1.98.